The summed E-state index contributed by atoms with van der Waals surface area (Å²) in [5.41, 5.74) is 0. The van der Waals surface area contributed by atoms with Gasteiger partial charge in [0.15, 0.2) is 0 Å². The van der Waals surface area contributed by atoms with Crippen molar-refractivity contribution in [2.24, 2.45) is 0 Å². The summed E-state index contributed by atoms with van der Waals surface area (Å²) in [5, 5.41) is 0. The largest absolute Gasteiger partial charge is 0.379 e. The third-order valence-electron chi connectivity index (χ3n) is 3.79. The van der Waals surface area contributed by atoms with E-state index in [-0.39, 0.29) is 0 Å². The van der Waals surface area contributed by atoms with E-state index < -0.39 is 0 Å². The van der Waals surface area contributed by atoms with E-state index in [4.69, 9.17) is 9.47 Å². The van der Waals surface area contributed by atoms with Crippen LogP contribution in [0.15, 0.2) is 0 Å². The van der Waals surface area contributed by atoms with Gasteiger partial charge in [-0.25, -0.2) is 0 Å². The monoisotopic (exact) mass is 244 g/mol. The molecule has 0 aromatic carbocycles. The molecule has 1 fully saturated rings. The molecule has 1 saturated heterocycles. The Balaban J connectivity index is 2.12. The molecule has 3 heteroatoms. The molecule has 0 amide bonds. The number of rotatable bonds is 10. The molecule has 0 N–H and O–H groups in total. The Hall–Kier alpha value is -0.120. The Morgan fingerprint density at radius 1 is 0.882 bits per heavy atom. The van der Waals surface area contributed by atoms with Gasteiger partial charge < -0.3 is 14.0 Å². The summed E-state index contributed by atoms with van der Waals surface area (Å²) in [6.45, 7) is 12.8. The average Bonchev–Trinajstić information content (AvgIpc) is 2.80. The second kappa shape index (κ2) is 8.90. The molecule has 0 saturated carbocycles. The van der Waals surface area contributed by atoms with Crippen LogP contribution in [-0.2, 0) is 9.47 Å². The van der Waals surface area contributed by atoms with Crippen LogP contribution in [0.25, 0.3) is 0 Å². The number of likely N-dealkylation sites (tertiary alicyclic amines) is 1. The molecule has 0 radical (unpaired) electrons. The lowest BCUT2D eigenvalue weighted by atomic mass is 10.2. The third-order valence-corrected chi connectivity index (χ3v) is 3.79. The quantitative estimate of drug-likeness (QED) is 0.434. The molecule has 0 aromatic heterocycles. The molecule has 1 heterocycles. The zero-order chi connectivity index (χ0) is 12.4. The zero-order valence-corrected chi connectivity index (χ0v) is 11.7. The van der Waals surface area contributed by atoms with E-state index in [9.17, 15) is 0 Å². The van der Waals surface area contributed by atoms with Gasteiger partial charge in [-0.1, -0.05) is 13.3 Å². The standard InChI is InChI=1S/C14H30NO2/c1-3-5-8-15(9-6-7-10-15)11-12-17-14-13-16-4-2/h3-14H2,1-2H3/q+1. The van der Waals surface area contributed by atoms with Crippen molar-refractivity contribution in [2.45, 2.75) is 39.5 Å². The molecule has 0 aromatic rings. The van der Waals surface area contributed by atoms with Crippen molar-refractivity contribution in [3.05, 3.63) is 0 Å². The van der Waals surface area contributed by atoms with Gasteiger partial charge in [-0.2, -0.15) is 0 Å². The van der Waals surface area contributed by atoms with Crippen molar-refractivity contribution in [3.63, 3.8) is 0 Å². The first-order valence-electron chi connectivity index (χ1n) is 7.33. The van der Waals surface area contributed by atoms with Crippen LogP contribution >= 0.6 is 0 Å². The number of unbranched alkanes of at least 4 members (excludes halogenated alkanes) is 1. The molecule has 3 nitrogen and oxygen atoms in total. The summed E-state index contributed by atoms with van der Waals surface area (Å²) in [7, 11) is 0. The van der Waals surface area contributed by atoms with Gasteiger partial charge in [0.1, 0.15) is 6.54 Å². The molecule has 102 valence electrons. The second-order valence-corrected chi connectivity index (χ2v) is 5.11. The maximum Gasteiger partial charge on any atom is 0.102 e. The van der Waals surface area contributed by atoms with Crippen LogP contribution in [0.2, 0.25) is 0 Å². The van der Waals surface area contributed by atoms with Crippen LogP contribution < -0.4 is 0 Å². The highest BCUT2D eigenvalue weighted by atomic mass is 16.5. The lowest BCUT2D eigenvalue weighted by molar-refractivity contribution is -0.917. The second-order valence-electron chi connectivity index (χ2n) is 5.11. The topological polar surface area (TPSA) is 18.5 Å². The Morgan fingerprint density at radius 3 is 2.24 bits per heavy atom. The van der Waals surface area contributed by atoms with Crippen molar-refractivity contribution < 1.29 is 14.0 Å². The maximum atomic E-state index is 5.66. The Bertz CT molecular complexity index is 179. The number of nitrogens with zero attached hydrogens (tertiary/aromatic N) is 1. The van der Waals surface area contributed by atoms with Gasteiger partial charge in [-0.15, -0.1) is 0 Å². The van der Waals surface area contributed by atoms with E-state index in [0.717, 1.165) is 26.4 Å². The van der Waals surface area contributed by atoms with Crippen molar-refractivity contribution in [2.75, 3.05) is 52.6 Å². The molecule has 0 unspecified atom stereocenters. The molecule has 0 bridgehead atoms. The zero-order valence-electron chi connectivity index (χ0n) is 11.7. The summed E-state index contributed by atoms with van der Waals surface area (Å²) in [6.07, 6.45) is 5.48. The highest BCUT2D eigenvalue weighted by Gasteiger charge is 2.30. The minimum atomic E-state index is 0.742. The number of hydrogen-bond donors (Lipinski definition) is 0. The molecular weight excluding hydrogens is 214 g/mol. The first-order chi connectivity index (χ1) is 8.33. The van der Waals surface area contributed by atoms with E-state index >= 15 is 0 Å². The van der Waals surface area contributed by atoms with Crippen molar-refractivity contribution >= 4 is 0 Å². The van der Waals surface area contributed by atoms with Crippen molar-refractivity contribution in [3.8, 4) is 0 Å². The lowest BCUT2D eigenvalue weighted by Gasteiger charge is -2.34. The highest BCUT2D eigenvalue weighted by molar-refractivity contribution is 4.55. The summed E-state index contributed by atoms with van der Waals surface area (Å²) in [4.78, 5) is 0. The van der Waals surface area contributed by atoms with Crippen molar-refractivity contribution in [1.82, 2.24) is 0 Å². The summed E-state index contributed by atoms with van der Waals surface area (Å²) < 4.78 is 12.2. The molecule has 0 atom stereocenters. The first kappa shape index (κ1) is 14.9. The Labute approximate surface area is 107 Å². The first-order valence-corrected chi connectivity index (χ1v) is 7.33. The number of quaternary nitrogens is 1. The van der Waals surface area contributed by atoms with Gasteiger partial charge in [-0.3, -0.25) is 0 Å². The van der Waals surface area contributed by atoms with E-state index in [1.807, 2.05) is 6.92 Å². The molecule has 0 spiro atoms. The average molecular weight is 244 g/mol. The normalized spacial score (nSPS) is 18.7. The van der Waals surface area contributed by atoms with Crippen LogP contribution in [0.1, 0.15) is 39.5 Å². The van der Waals surface area contributed by atoms with E-state index in [2.05, 4.69) is 6.92 Å². The summed E-state index contributed by atoms with van der Waals surface area (Å²) in [5.74, 6) is 0. The van der Waals surface area contributed by atoms with Crippen LogP contribution in [0.5, 0.6) is 0 Å². The fourth-order valence-corrected chi connectivity index (χ4v) is 2.68. The molecule has 1 aliphatic heterocycles. The summed E-state index contributed by atoms with van der Waals surface area (Å²) in [6, 6.07) is 0. The molecule has 0 aliphatic carbocycles. The summed E-state index contributed by atoms with van der Waals surface area (Å²) >= 11 is 0. The highest BCUT2D eigenvalue weighted by Crippen LogP contribution is 2.20. The van der Waals surface area contributed by atoms with Crippen LogP contribution in [0.4, 0.5) is 0 Å². The Kier molecular flexibility index (Phi) is 7.82. The van der Waals surface area contributed by atoms with Gasteiger partial charge in [0.05, 0.1) is 39.5 Å². The van der Waals surface area contributed by atoms with Crippen molar-refractivity contribution in [1.29, 1.82) is 0 Å². The lowest BCUT2D eigenvalue weighted by Crippen LogP contribution is -2.48. The molecular formula is C14H30NO2+. The van der Waals surface area contributed by atoms with Gasteiger partial charge in [0, 0.05) is 19.4 Å². The predicted molar refractivity (Wildman–Crippen MR) is 71.2 cm³/mol. The van der Waals surface area contributed by atoms with Crippen LogP contribution in [0.3, 0.4) is 0 Å². The molecule has 17 heavy (non-hydrogen) atoms. The fraction of sp³-hybridized carbons (Fsp3) is 1.00. The minimum Gasteiger partial charge on any atom is -0.379 e. The third kappa shape index (κ3) is 5.84. The predicted octanol–water partition coefficient (Wildman–Crippen LogP) is 2.45. The minimum absolute atomic E-state index is 0.742. The van der Waals surface area contributed by atoms with Gasteiger partial charge in [0.2, 0.25) is 0 Å². The maximum absolute atomic E-state index is 5.66. The Morgan fingerprint density at radius 2 is 1.59 bits per heavy atom. The molecule has 1 rings (SSSR count). The van der Waals surface area contributed by atoms with Gasteiger partial charge in [0.25, 0.3) is 0 Å². The smallest absolute Gasteiger partial charge is 0.102 e. The SMILES string of the molecule is CCCC[N+]1(CCOCCOCC)CCCC1. The van der Waals surface area contributed by atoms with Crippen LogP contribution in [-0.4, -0.2) is 57.1 Å². The van der Waals surface area contributed by atoms with Crippen LogP contribution in [0, 0.1) is 0 Å². The van der Waals surface area contributed by atoms with Gasteiger partial charge in [-0.05, 0) is 13.3 Å². The number of ether oxygens (including phenoxy) is 2. The number of hydrogen-bond acceptors (Lipinski definition) is 2. The van der Waals surface area contributed by atoms with E-state index in [1.54, 1.807) is 0 Å². The van der Waals surface area contributed by atoms with E-state index in [0.29, 0.717) is 0 Å². The molecule has 1 aliphatic rings. The van der Waals surface area contributed by atoms with Gasteiger partial charge >= 0.3 is 0 Å². The van der Waals surface area contributed by atoms with E-state index in [1.165, 1.54) is 56.3 Å². The fourth-order valence-electron chi connectivity index (χ4n) is 2.68.